The van der Waals surface area contributed by atoms with Gasteiger partial charge in [0.25, 0.3) is 5.91 Å². The Morgan fingerprint density at radius 3 is 3.00 bits per heavy atom. The molecule has 1 aromatic heterocycles. The third kappa shape index (κ3) is 2.47. The molecule has 4 nitrogen and oxygen atoms in total. The molecule has 1 atom stereocenters. The summed E-state index contributed by atoms with van der Waals surface area (Å²) in [7, 11) is 0. The number of aliphatic hydroxyl groups is 1. The molecule has 0 radical (unpaired) electrons. The van der Waals surface area contributed by atoms with Crippen LogP contribution in [0.15, 0.2) is 16.7 Å². The van der Waals surface area contributed by atoms with Crippen molar-refractivity contribution in [3.63, 3.8) is 0 Å². The van der Waals surface area contributed by atoms with Crippen LogP contribution in [0.3, 0.4) is 0 Å². The lowest BCUT2D eigenvalue weighted by Crippen LogP contribution is -2.34. The Balaban J connectivity index is 2.64. The van der Waals surface area contributed by atoms with Gasteiger partial charge in [0.15, 0.2) is 0 Å². The third-order valence-electron chi connectivity index (χ3n) is 1.51. The van der Waals surface area contributed by atoms with Gasteiger partial charge in [0.05, 0.1) is 18.4 Å². The van der Waals surface area contributed by atoms with E-state index in [2.05, 4.69) is 5.32 Å². The lowest BCUT2D eigenvalue weighted by Gasteiger charge is -2.09. The van der Waals surface area contributed by atoms with Crippen LogP contribution in [0.4, 0.5) is 0 Å². The Hall–Kier alpha value is -1.00. The average Bonchev–Trinajstić information content (AvgIpc) is 2.51. The first-order chi connectivity index (χ1) is 6.15. The third-order valence-corrected chi connectivity index (χ3v) is 1.81. The minimum absolute atomic E-state index is 0.0580. The summed E-state index contributed by atoms with van der Waals surface area (Å²) in [6, 6.07) is 1.18. The molecule has 1 amide bonds. The van der Waals surface area contributed by atoms with Crippen LogP contribution < -0.4 is 5.32 Å². The van der Waals surface area contributed by atoms with Gasteiger partial charge in [-0.05, 0) is 24.6 Å². The van der Waals surface area contributed by atoms with Gasteiger partial charge in [-0.25, -0.2) is 0 Å². The molecule has 0 aliphatic heterocycles. The number of rotatable bonds is 3. The van der Waals surface area contributed by atoms with Gasteiger partial charge in [-0.15, -0.1) is 0 Å². The zero-order chi connectivity index (χ0) is 9.84. The Bertz CT molecular complexity index is 297. The van der Waals surface area contributed by atoms with Crippen LogP contribution in [-0.4, -0.2) is 23.7 Å². The summed E-state index contributed by atoms with van der Waals surface area (Å²) in [6.07, 6.45) is 1.33. The highest BCUT2D eigenvalue weighted by atomic mass is 35.5. The van der Waals surface area contributed by atoms with Gasteiger partial charge in [0.1, 0.15) is 0 Å². The molecule has 1 rings (SSSR count). The van der Waals surface area contributed by atoms with Crippen molar-refractivity contribution < 1.29 is 14.3 Å². The first kappa shape index (κ1) is 10.1. The number of carbonyl (C=O) groups is 1. The lowest BCUT2D eigenvalue weighted by molar-refractivity contribution is 0.0922. The zero-order valence-corrected chi connectivity index (χ0v) is 7.84. The number of amides is 1. The number of hydrogen-bond donors (Lipinski definition) is 2. The highest BCUT2D eigenvalue weighted by molar-refractivity contribution is 6.32. The van der Waals surface area contributed by atoms with E-state index in [-0.39, 0.29) is 29.3 Å². The summed E-state index contributed by atoms with van der Waals surface area (Å²) in [6.45, 7) is 1.58. The normalized spacial score (nSPS) is 12.5. The van der Waals surface area contributed by atoms with E-state index < -0.39 is 0 Å². The second kappa shape index (κ2) is 4.30. The quantitative estimate of drug-likeness (QED) is 0.772. The van der Waals surface area contributed by atoms with Gasteiger partial charge in [-0.3, -0.25) is 4.79 Å². The maximum atomic E-state index is 11.3. The number of aliphatic hydroxyl groups excluding tert-OH is 1. The average molecular weight is 204 g/mol. The fourth-order valence-electron chi connectivity index (χ4n) is 0.803. The van der Waals surface area contributed by atoms with Gasteiger partial charge < -0.3 is 14.8 Å². The molecular weight excluding hydrogens is 194 g/mol. The molecular formula is C8H10ClNO3. The Morgan fingerprint density at radius 1 is 1.85 bits per heavy atom. The number of halogens is 1. The van der Waals surface area contributed by atoms with Crippen LogP contribution in [0, 0.1) is 0 Å². The monoisotopic (exact) mass is 203 g/mol. The van der Waals surface area contributed by atoms with Crippen molar-refractivity contribution in [1.29, 1.82) is 0 Å². The van der Waals surface area contributed by atoms with E-state index in [0.29, 0.717) is 0 Å². The Labute approximate surface area is 80.5 Å². The van der Waals surface area contributed by atoms with Crippen LogP contribution >= 0.6 is 11.6 Å². The van der Waals surface area contributed by atoms with E-state index in [1.165, 1.54) is 12.3 Å². The number of nitrogens with one attached hydrogen (secondary N) is 1. The number of furan rings is 1. The van der Waals surface area contributed by atoms with Gasteiger partial charge in [-0.2, -0.15) is 0 Å². The van der Waals surface area contributed by atoms with E-state index in [1.54, 1.807) is 6.92 Å². The highest BCUT2D eigenvalue weighted by Gasteiger charge is 2.14. The highest BCUT2D eigenvalue weighted by Crippen LogP contribution is 2.16. The van der Waals surface area contributed by atoms with Crippen molar-refractivity contribution >= 4 is 17.5 Å². The minimum atomic E-state index is -0.347. The maximum Gasteiger partial charge on any atom is 0.256 e. The Morgan fingerprint density at radius 2 is 2.54 bits per heavy atom. The smallest absolute Gasteiger partial charge is 0.256 e. The van der Waals surface area contributed by atoms with E-state index >= 15 is 0 Å². The molecule has 5 heteroatoms. The van der Waals surface area contributed by atoms with Crippen LogP contribution in [-0.2, 0) is 0 Å². The number of carbonyl (C=O) groups excluding carboxylic acids is 1. The molecule has 0 aliphatic rings. The van der Waals surface area contributed by atoms with Crippen molar-refractivity contribution in [2.75, 3.05) is 6.61 Å². The maximum absolute atomic E-state index is 11.3. The molecule has 2 N–H and O–H groups in total. The summed E-state index contributed by atoms with van der Waals surface area (Å²) in [5, 5.41) is 11.3. The molecule has 0 bridgehead atoms. The molecule has 0 aromatic carbocycles. The van der Waals surface area contributed by atoms with E-state index in [1.807, 2.05) is 0 Å². The summed E-state index contributed by atoms with van der Waals surface area (Å²) >= 11 is 5.57. The molecule has 0 saturated heterocycles. The summed E-state index contributed by atoms with van der Waals surface area (Å²) in [5.41, 5.74) is 0.280. The molecule has 0 aliphatic carbocycles. The first-order valence-corrected chi connectivity index (χ1v) is 4.17. The van der Waals surface area contributed by atoms with Gasteiger partial charge in [0.2, 0.25) is 5.22 Å². The second-order valence-corrected chi connectivity index (χ2v) is 3.01. The van der Waals surface area contributed by atoms with Crippen LogP contribution in [0.1, 0.15) is 17.3 Å². The molecule has 0 fully saturated rings. The SMILES string of the molecule is C[C@H](CO)NC(=O)c1ccoc1Cl. The standard InChI is InChI=1S/C8H10ClNO3/c1-5(4-11)10-8(12)6-2-3-13-7(6)9/h2-3,5,11H,4H2,1H3,(H,10,12)/t5-/m1/s1. The van der Waals surface area contributed by atoms with Crippen molar-refractivity contribution in [2.45, 2.75) is 13.0 Å². The summed E-state index contributed by atoms with van der Waals surface area (Å²) in [5.74, 6) is -0.347. The van der Waals surface area contributed by atoms with E-state index in [0.717, 1.165) is 0 Å². The van der Waals surface area contributed by atoms with Crippen molar-refractivity contribution in [3.8, 4) is 0 Å². The Kier molecular flexibility index (Phi) is 3.33. The van der Waals surface area contributed by atoms with Crippen molar-refractivity contribution in [1.82, 2.24) is 5.32 Å². The molecule has 72 valence electrons. The van der Waals surface area contributed by atoms with Crippen molar-refractivity contribution in [2.24, 2.45) is 0 Å². The first-order valence-electron chi connectivity index (χ1n) is 3.80. The molecule has 0 saturated carbocycles. The van der Waals surface area contributed by atoms with Gasteiger partial charge in [0, 0.05) is 6.04 Å². The predicted molar refractivity (Wildman–Crippen MR) is 47.7 cm³/mol. The van der Waals surface area contributed by atoms with Crippen LogP contribution in [0.2, 0.25) is 5.22 Å². The number of hydrogen-bond acceptors (Lipinski definition) is 3. The lowest BCUT2D eigenvalue weighted by atomic mass is 10.3. The van der Waals surface area contributed by atoms with E-state index in [4.69, 9.17) is 21.1 Å². The fourth-order valence-corrected chi connectivity index (χ4v) is 1.00. The van der Waals surface area contributed by atoms with Gasteiger partial charge in [-0.1, -0.05) is 0 Å². The minimum Gasteiger partial charge on any atom is -0.452 e. The molecule has 0 spiro atoms. The second-order valence-electron chi connectivity index (χ2n) is 2.67. The van der Waals surface area contributed by atoms with E-state index in [9.17, 15) is 4.79 Å². The molecule has 0 unspecified atom stereocenters. The predicted octanol–water partition coefficient (Wildman–Crippen LogP) is 1.04. The van der Waals surface area contributed by atoms with Gasteiger partial charge >= 0.3 is 0 Å². The molecule has 1 aromatic rings. The fraction of sp³-hybridized carbons (Fsp3) is 0.375. The largest absolute Gasteiger partial charge is 0.452 e. The molecule has 13 heavy (non-hydrogen) atoms. The van der Waals surface area contributed by atoms with Crippen molar-refractivity contribution in [3.05, 3.63) is 23.1 Å². The topological polar surface area (TPSA) is 62.5 Å². The van der Waals surface area contributed by atoms with Crippen LogP contribution in [0.25, 0.3) is 0 Å². The zero-order valence-electron chi connectivity index (χ0n) is 7.08. The summed E-state index contributed by atoms with van der Waals surface area (Å²) < 4.78 is 4.74. The van der Waals surface area contributed by atoms with Crippen LogP contribution in [0.5, 0.6) is 0 Å². The molecule has 1 heterocycles. The summed E-state index contributed by atoms with van der Waals surface area (Å²) in [4.78, 5) is 11.3.